The van der Waals surface area contributed by atoms with Crippen LogP contribution in [0.15, 0.2) is 24.4 Å². The molecule has 15 heavy (non-hydrogen) atoms. The molecule has 0 atom stereocenters. The lowest BCUT2D eigenvalue weighted by molar-refractivity contribution is 0.584. The third-order valence-corrected chi connectivity index (χ3v) is 1.97. The topological polar surface area (TPSA) is 55.6 Å². The van der Waals surface area contributed by atoms with Crippen molar-refractivity contribution in [3.8, 4) is 0 Å². The zero-order valence-corrected chi connectivity index (χ0v) is 8.18. The summed E-state index contributed by atoms with van der Waals surface area (Å²) in [6, 6.07) is 4.61. The third-order valence-electron chi connectivity index (χ3n) is 1.97. The SMILES string of the molecule is Cn1nncc1CNc1cccc(F)n1. The minimum atomic E-state index is -0.497. The highest BCUT2D eigenvalue weighted by atomic mass is 19.1. The number of anilines is 1. The predicted octanol–water partition coefficient (Wildman–Crippen LogP) is 0.961. The fourth-order valence-electron chi connectivity index (χ4n) is 1.16. The van der Waals surface area contributed by atoms with Crippen LogP contribution in [0.25, 0.3) is 0 Å². The van der Waals surface area contributed by atoms with Gasteiger partial charge in [0.15, 0.2) is 0 Å². The Morgan fingerprint density at radius 1 is 1.47 bits per heavy atom. The highest BCUT2D eigenvalue weighted by Crippen LogP contribution is 2.05. The molecule has 0 saturated carbocycles. The van der Waals surface area contributed by atoms with E-state index in [1.165, 1.54) is 6.07 Å². The number of aromatic nitrogens is 4. The standard InChI is InChI=1S/C9H10FN5/c1-15-7(6-12-14-15)5-11-9-4-2-3-8(10)13-9/h2-4,6H,5H2,1H3,(H,11,13). The third kappa shape index (κ3) is 2.28. The smallest absolute Gasteiger partial charge is 0.214 e. The quantitative estimate of drug-likeness (QED) is 0.762. The highest BCUT2D eigenvalue weighted by Gasteiger charge is 2.00. The number of pyridine rings is 1. The van der Waals surface area contributed by atoms with E-state index in [1.54, 1.807) is 30.1 Å². The van der Waals surface area contributed by atoms with Gasteiger partial charge in [-0.05, 0) is 12.1 Å². The zero-order valence-electron chi connectivity index (χ0n) is 8.18. The van der Waals surface area contributed by atoms with E-state index in [0.717, 1.165) is 5.69 Å². The van der Waals surface area contributed by atoms with Crippen molar-refractivity contribution in [2.75, 3.05) is 5.32 Å². The molecule has 2 rings (SSSR count). The first kappa shape index (κ1) is 9.57. The van der Waals surface area contributed by atoms with E-state index in [2.05, 4.69) is 20.6 Å². The van der Waals surface area contributed by atoms with E-state index in [9.17, 15) is 4.39 Å². The number of rotatable bonds is 3. The molecule has 0 aliphatic carbocycles. The van der Waals surface area contributed by atoms with Gasteiger partial charge in [0.05, 0.1) is 18.4 Å². The van der Waals surface area contributed by atoms with Crippen molar-refractivity contribution in [3.63, 3.8) is 0 Å². The molecule has 2 aromatic heterocycles. The maximum atomic E-state index is 12.7. The van der Waals surface area contributed by atoms with Gasteiger partial charge in [0.1, 0.15) is 5.82 Å². The lowest BCUT2D eigenvalue weighted by Crippen LogP contribution is -2.06. The molecule has 0 bridgehead atoms. The van der Waals surface area contributed by atoms with Crippen LogP contribution in [0.4, 0.5) is 10.2 Å². The molecule has 5 nitrogen and oxygen atoms in total. The highest BCUT2D eigenvalue weighted by molar-refractivity contribution is 5.33. The van der Waals surface area contributed by atoms with E-state index in [4.69, 9.17) is 0 Å². The molecule has 2 heterocycles. The molecule has 0 spiro atoms. The molecule has 0 unspecified atom stereocenters. The summed E-state index contributed by atoms with van der Waals surface area (Å²) in [6.07, 6.45) is 1.65. The van der Waals surface area contributed by atoms with Crippen LogP contribution in [0, 0.1) is 5.95 Å². The van der Waals surface area contributed by atoms with Gasteiger partial charge < -0.3 is 5.32 Å². The van der Waals surface area contributed by atoms with Crippen molar-refractivity contribution in [3.05, 3.63) is 36.0 Å². The lowest BCUT2D eigenvalue weighted by Gasteiger charge is -2.04. The molecule has 0 fully saturated rings. The minimum Gasteiger partial charge on any atom is -0.364 e. The molecule has 1 N–H and O–H groups in total. The fourth-order valence-corrected chi connectivity index (χ4v) is 1.16. The molecule has 0 amide bonds. The Balaban J connectivity index is 2.02. The van der Waals surface area contributed by atoms with Crippen LogP contribution in [-0.2, 0) is 13.6 Å². The monoisotopic (exact) mass is 207 g/mol. The number of aryl methyl sites for hydroxylation is 1. The van der Waals surface area contributed by atoms with Crippen LogP contribution in [-0.4, -0.2) is 20.0 Å². The summed E-state index contributed by atoms with van der Waals surface area (Å²) in [6.45, 7) is 0.514. The number of halogens is 1. The van der Waals surface area contributed by atoms with Gasteiger partial charge in [0.2, 0.25) is 5.95 Å². The lowest BCUT2D eigenvalue weighted by atomic mass is 10.4. The summed E-state index contributed by atoms with van der Waals surface area (Å²) in [5.74, 6) is -0.000619. The minimum absolute atomic E-state index is 0.496. The van der Waals surface area contributed by atoms with E-state index >= 15 is 0 Å². The summed E-state index contributed by atoms with van der Waals surface area (Å²) >= 11 is 0. The normalized spacial score (nSPS) is 10.3. The predicted molar refractivity (Wildman–Crippen MR) is 52.5 cm³/mol. The van der Waals surface area contributed by atoms with Crippen LogP contribution >= 0.6 is 0 Å². The Bertz CT molecular complexity index is 453. The Morgan fingerprint density at radius 2 is 2.33 bits per heavy atom. The van der Waals surface area contributed by atoms with Crippen LogP contribution in [0.5, 0.6) is 0 Å². The maximum absolute atomic E-state index is 12.7. The molecule has 0 saturated heterocycles. The van der Waals surface area contributed by atoms with Gasteiger partial charge in [0.25, 0.3) is 0 Å². The van der Waals surface area contributed by atoms with E-state index in [1.807, 2.05) is 0 Å². The van der Waals surface area contributed by atoms with Crippen molar-refractivity contribution in [2.45, 2.75) is 6.54 Å². The Morgan fingerprint density at radius 3 is 3.00 bits per heavy atom. The van der Waals surface area contributed by atoms with Gasteiger partial charge in [-0.25, -0.2) is 4.98 Å². The average Bonchev–Trinajstić information content (AvgIpc) is 2.61. The maximum Gasteiger partial charge on any atom is 0.214 e. The van der Waals surface area contributed by atoms with Crippen molar-refractivity contribution in [1.82, 2.24) is 20.0 Å². The Kier molecular flexibility index (Phi) is 2.57. The van der Waals surface area contributed by atoms with Crippen molar-refractivity contribution >= 4 is 5.82 Å². The van der Waals surface area contributed by atoms with Crippen LogP contribution in [0.3, 0.4) is 0 Å². The second-order valence-electron chi connectivity index (χ2n) is 3.05. The second kappa shape index (κ2) is 4.04. The van der Waals surface area contributed by atoms with E-state index in [0.29, 0.717) is 12.4 Å². The first-order valence-corrected chi connectivity index (χ1v) is 4.46. The summed E-state index contributed by atoms with van der Waals surface area (Å²) in [4.78, 5) is 3.67. The molecule has 0 aliphatic heterocycles. The zero-order chi connectivity index (χ0) is 10.7. The molecular weight excluding hydrogens is 197 g/mol. The second-order valence-corrected chi connectivity index (χ2v) is 3.05. The van der Waals surface area contributed by atoms with Gasteiger partial charge in [-0.1, -0.05) is 11.3 Å². The first-order chi connectivity index (χ1) is 7.25. The largest absolute Gasteiger partial charge is 0.364 e. The molecule has 6 heteroatoms. The van der Waals surface area contributed by atoms with Gasteiger partial charge in [-0.3, -0.25) is 4.68 Å². The van der Waals surface area contributed by atoms with E-state index < -0.39 is 5.95 Å². The van der Waals surface area contributed by atoms with Crippen LogP contribution < -0.4 is 5.32 Å². The molecular formula is C9H10FN5. The van der Waals surface area contributed by atoms with Crippen molar-refractivity contribution in [1.29, 1.82) is 0 Å². The summed E-state index contributed by atoms with van der Waals surface area (Å²) in [5, 5.41) is 10.5. The molecule has 78 valence electrons. The summed E-state index contributed by atoms with van der Waals surface area (Å²) in [7, 11) is 1.79. The number of hydrogen-bond acceptors (Lipinski definition) is 4. The summed E-state index contributed by atoms with van der Waals surface area (Å²) in [5.41, 5.74) is 0.904. The fraction of sp³-hybridized carbons (Fsp3) is 0.222. The number of hydrogen-bond donors (Lipinski definition) is 1. The Hall–Kier alpha value is -1.98. The average molecular weight is 207 g/mol. The Labute approximate surface area is 85.9 Å². The van der Waals surface area contributed by atoms with Gasteiger partial charge in [-0.2, -0.15) is 4.39 Å². The van der Waals surface area contributed by atoms with Crippen molar-refractivity contribution < 1.29 is 4.39 Å². The molecule has 0 aliphatic rings. The van der Waals surface area contributed by atoms with Gasteiger partial charge in [-0.15, -0.1) is 5.10 Å². The van der Waals surface area contributed by atoms with Crippen molar-refractivity contribution in [2.24, 2.45) is 7.05 Å². The summed E-state index contributed by atoms with van der Waals surface area (Å²) < 4.78 is 14.4. The van der Waals surface area contributed by atoms with Gasteiger partial charge in [0, 0.05) is 7.05 Å². The van der Waals surface area contributed by atoms with Crippen LogP contribution in [0.1, 0.15) is 5.69 Å². The molecule has 2 aromatic rings. The first-order valence-electron chi connectivity index (χ1n) is 4.46. The van der Waals surface area contributed by atoms with Gasteiger partial charge >= 0.3 is 0 Å². The van der Waals surface area contributed by atoms with Crippen LogP contribution in [0.2, 0.25) is 0 Å². The van der Waals surface area contributed by atoms with E-state index in [-0.39, 0.29) is 0 Å². The number of nitrogens with zero attached hydrogens (tertiary/aromatic N) is 4. The molecule has 0 aromatic carbocycles. The number of nitrogens with one attached hydrogen (secondary N) is 1. The molecule has 0 radical (unpaired) electrons.